The van der Waals surface area contributed by atoms with E-state index in [-0.39, 0.29) is 52.9 Å². The molecule has 0 radical (unpaired) electrons. The molecule has 3 N–H and O–H groups in total. The number of methoxy groups -OCH3 is 2. The van der Waals surface area contributed by atoms with Gasteiger partial charge in [-0.3, -0.25) is 9.48 Å². The van der Waals surface area contributed by atoms with Crippen LogP contribution in [0.2, 0.25) is 0 Å². The van der Waals surface area contributed by atoms with Crippen molar-refractivity contribution in [2.75, 3.05) is 33.0 Å². The van der Waals surface area contributed by atoms with E-state index in [4.69, 9.17) is 15.2 Å². The van der Waals surface area contributed by atoms with Gasteiger partial charge in [-0.1, -0.05) is 12.5 Å². The SMILES string of the molecule is C=CC(=O)N1CCC(n2nc(C#Cc3c(F)c(OC)cc(OC)c3F)c3c(N)ncc([C@H](O)C(F)(F)F)c32)C1. The van der Waals surface area contributed by atoms with E-state index in [1.807, 2.05) is 0 Å². The molecule has 4 rings (SSSR count). The summed E-state index contributed by atoms with van der Waals surface area (Å²) in [5.74, 6) is 1.12. The van der Waals surface area contributed by atoms with Crippen LogP contribution in [0, 0.1) is 23.5 Å². The van der Waals surface area contributed by atoms with E-state index in [0.29, 0.717) is 6.42 Å². The van der Waals surface area contributed by atoms with Crippen LogP contribution in [0.25, 0.3) is 10.9 Å². The second-order valence-corrected chi connectivity index (χ2v) is 8.52. The van der Waals surface area contributed by atoms with E-state index in [2.05, 4.69) is 28.5 Å². The lowest BCUT2D eigenvalue weighted by Crippen LogP contribution is -2.27. The number of nitrogen functional groups attached to an aromatic ring is 1. The van der Waals surface area contributed by atoms with E-state index in [1.54, 1.807) is 0 Å². The number of nitrogens with two attached hydrogens (primary N) is 1. The predicted molar refractivity (Wildman–Crippen MR) is 129 cm³/mol. The van der Waals surface area contributed by atoms with Crippen LogP contribution in [-0.4, -0.2) is 64.2 Å². The number of hydrogen-bond acceptors (Lipinski definition) is 7. The molecule has 1 aliphatic heterocycles. The summed E-state index contributed by atoms with van der Waals surface area (Å²) in [6, 6.07) is 0.349. The number of pyridine rings is 1. The molecule has 206 valence electrons. The molecule has 2 aromatic heterocycles. The van der Waals surface area contributed by atoms with Crippen molar-refractivity contribution in [2.45, 2.75) is 24.7 Å². The van der Waals surface area contributed by atoms with Gasteiger partial charge in [0, 0.05) is 30.9 Å². The van der Waals surface area contributed by atoms with Gasteiger partial charge < -0.3 is 25.2 Å². The van der Waals surface area contributed by atoms with E-state index in [0.717, 1.165) is 32.6 Å². The molecule has 1 unspecified atom stereocenters. The number of rotatable bonds is 5. The maximum absolute atomic E-state index is 14.9. The standard InChI is InChI=1S/C25H22F5N5O4/c1-4-18(36)34-8-7-12(11-34)35-22-14(23(37)25(28,29)30)10-32-24(31)19(22)15(33-35)6-5-13-20(26)16(38-2)9-17(39-3)21(13)27/h4,9-10,12,23,37H,1,7-8,11H2,2-3H3,(H2,31,32)/t12?,23-/m0/s1. The third kappa shape index (κ3) is 4.92. The van der Waals surface area contributed by atoms with Crippen LogP contribution in [0.3, 0.4) is 0 Å². The van der Waals surface area contributed by atoms with Gasteiger partial charge in [0.05, 0.1) is 31.2 Å². The quantitative estimate of drug-likeness (QED) is 0.284. The highest BCUT2D eigenvalue weighted by atomic mass is 19.4. The van der Waals surface area contributed by atoms with Crippen LogP contribution in [0.5, 0.6) is 11.5 Å². The number of ether oxygens (including phenoxy) is 2. The molecule has 9 nitrogen and oxygen atoms in total. The first-order valence-electron chi connectivity index (χ1n) is 11.4. The number of aliphatic hydroxyl groups is 1. The molecule has 1 aromatic carbocycles. The lowest BCUT2D eigenvalue weighted by atomic mass is 10.1. The molecule has 39 heavy (non-hydrogen) atoms. The highest BCUT2D eigenvalue weighted by Gasteiger charge is 2.42. The monoisotopic (exact) mass is 551 g/mol. The number of hydrogen-bond donors (Lipinski definition) is 2. The molecule has 1 saturated heterocycles. The Morgan fingerprint density at radius 3 is 2.46 bits per heavy atom. The van der Waals surface area contributed by atoms with Gasteiger partial charge in [-0.15, -0.1) is 0 Å². The maximum atomic E-state index is 14.9. The number of likely N-dealkylation sites (tertiary alicyclic amines) is 1. The molecule has 3 heterocycles. The first kappa shape index (κ1) is 27.6. The fourth-order valence-corrected chi connectivity index (χ4v) is 4.33. The summed E-state index contributed by atoms with van der Waals surface area (Å²) in [4.78, 5) is 17.3. The summed E-state index contributed by atoms with van der Waals surface area (Å²) in [7, 11) is 2.31. The van der Waals surface area contributed by atoms with Crippen LogP contribution >= 0.6 is 0 Å². The number of carbonyl (C=O) groups excluding carboxylic acids is 1. The van der Waals surface area contributed by atoms with Crippen molar-refractivity contribution in [3.05, 3.63) is 53.4 Å². The molecule has 0 aliphatic carbocycles. The van der Waals surface area contributed by atoms with Crippen LogP contribution < -0.4 is 15.2 Å². The number of halogens is 5. The lowest BCUT2D eigenvalue weighted by Gasteiger charge is -2.19. The molecular weight excluding hydrogens is 529 g/mol. The molecule has 3 aromatic rings. The minimum absolute atomic E-state index is 0.0641. The number of alkyl halides is 3. The molecule has 1 aliphatic rings. The fourth-order valence-electron chi connectivity index (χ4n) is 4.33. The Kier molecular flexibility index (Phi) is 7.38. The zero-order valence-corrected chi connectivity index (χ0v) is 20.6. The van der Waals surface area contributed by atoms with Gasteiger partial charge in [0.15, 0.2) is 29.2 Å². The number of anilines is 1. The highest BCUT2D eigenvalue weighted by molar-refractivity contribution is 5.95. The molecule has 0 saturated carbocycles. The normalized spacial score (nSPS) is 16.1. The van der Waals surface area contributed by atoms with Crippen molar-refractivity contribution >= 4 is 22.6 Å². The zero-order chi connectivity index (χ0) is 28.6. The van der Waals surface area contributed by atoms with Crippen LogP contribution in [0.15, 0.2) is 24.9 Å². The van der Waals surface area contributed by atoms with Gasteiger partial charge in [0.2, 0.25) is 5.91 Å². The van der Waals surface area contributed by atoms with Gasteiger partial charge in [0.25, 0.3) is 0 Å². The molecular formula is C25H22F5N5O4. The second kappa shape index (κ2) is 10.4. The molecule has 14 heteroatoms. The Morgan fingerprint density at radius 2 is 1.90 bits per heavy atom. The minimum Gasteiger partial charge on any atom is -0.493 e. The third-order valence-corrected chi connectivity index (χ3v) is 6.26. The minimum atomic E-state index is -5.06. The Labute approximate surface area is 218 Å². The Balaban J connectivity index is 1.96. The number of benzene rings is 1. The number of aliphatic hydroxyl groups excluding tert-OH is 1. The van der Waals surface area contributed by atoms with Crippen molar-refractivity contribution in [1.29, 1.82) is 0 Å². The molecule has 2 atom stereocenters. The number of nitrogens with zero attached hydrogens (tertiary/aromatic N) is 4. The second-order valence-electron chi connectivity index (χ2n) is 8.52. The largest absolute Gasteiger partial charge is 0.493 e. The van der Waals surface area contributed by atoms with Gasteiger partial charge >= 0.3 is 6.18 Å². The van der Waals surface area contributed by atoms with Crippen LogP contribution in [-0.2, 0) is 4.79 Å². The molecule has 0 bridgehead atoms. The van der Waals surface area contributed by atoms with Crippen LogP contribution in [0.4, 0.5) is 27.8 Å². The van der Waals surface area contributed by atoms with Crippen molar-refractivity contribution < 1.29 is 41.3 Å². The Hall–Kier alpha value is -4.38. The molecule has 1 amide bonds. The van der Waals surface area contributed by atoms with Crippen LogP contribution in [0.1, 0.15) is 35.4 Å². The number of aromatic nitrogens is 3. The summed E-state index contributed by atoms with van der Waals surface area (Å²) in [6.45, 7) is 3.75. The van der Waals surface area contributed by atoms with Crippen molar-refractivity contribution in [1.82, 2.24) is 19.7 Å². The first-order chi connectivity index (χ1) is 18.4. The van der Waals surface area contributed by atoms with E-state index in [1.165, 1.54) is 9.58 Å². The average molecular weight is 551 g/mol. The number of carbonyl (C=O) groups is 1. The first-order valence-corrected chi connectivity index (χ1v) is 11.4. The van der Waals surface area contributed by atoms with Crippen molar-refractivity contribution in [3.63, 3.8) is 0 Å². The maximum Gasteiger partial charge on any atom is 0.418 e. The summed E-state index contributed by atoms with van der Waals surface area (Å²) in [5, 5.41) is 14.3. The topological polar surface area (TPSA) is 116 Å². The Bertz CT molecular complexity index is 1500. The van der Waals surface area contributed by atoms with Gasteiger partial charge in [0.1, 0.15) is 17.1 Å². The van der Waals surface area contributed by atoms with Gasteiger partial charge in [-0.2, -0.15) is 18.3 Å². The predicted octanol–water partition coefficient (Wildman–Crippen LogP) is 3.26. The van der Waals surface area contributed by atoms with Gasteiger partial charge in [-0.05, 0) is 18.4 Å². The van der Waals surface area contributed by atoms with E-state index >= 15 is 0 Å². The summed E-state index contributed by atoms with van der Waals surface area (Å²) < 4.78 is 81.4. The van der Waals surface area contributed by atoms with E-state index in [9.17, 15) is 31.9 Å². The lowest BCUT2D eigenvalue weighted by molar-refractivity contribution is -0.206. The summed E-state index contributed by atoms with van der Waals surface area (Å²) in [5.41, 5.74) is 4.14. The smallest absolute Gasteiger partial charge is 0.418 e. The summed E-state index contributed by atoms with van der Waals surface area (Å²) in [6.07, 6.45) is -5.83. The Morgan fingerprint density at radius 1 is 1.26 bits per heavy atom. The van der Waals surface area contributed by atoms with Gasteiger partial charge in [-0.25, -0.2) is 13.8 Å². The fraction of sp³-hybridized carbons (Fsp3) is 0.320. The number of fused-ring (bicyclic) bond motifs is 1. The third-order valence-electron chi connectivity index (χ3n) is 6.26. The highest BCUT2D eigenvalue weighted by Crippen LogP contribution is 2.39. The summed E-state index contributed by atoms with van der Waals surface area (Å²) >= 11 is 0. The molecule has 1 fully saturated rings. The van der Waals surface area contributed by atoms with Crippen molar-refractivity contribution in [2.24, 2.45) is 0 Å². The zero-order valence-electron chi connectivity index (χ0n) is 20.6. The average Bonchev–Trinajstić information content (AvgIpc) is 3.54. The molecule has 0 spiro atoms. The van der Waals surface area contributed by atoms with E-state index < -0.39 is 41.1 Å². The number of amides is 1. The van der Waals surface area contributed by atoms with Crippen molar-refractivity contribution in [3.8, 4) is 23.3 Å².